The van der Waals surface area contributed by atoms with Crippen molar-refractivity contribution >= 4 is 11.6 Å². The van der Waals surface area contributed by atoms with Gasteiger partial charge in [-0.15, -0.1) is 0 Å². The van der Waals surface area contributed by atoms with E-state index in [2.05, 4.69) is 5.10 Å². The van der Waals surface area contributed by atoms with Crippen molar-refractivity contribution in [2.45, 2.75) is 6.54 Å². The number of aromatic nitrogens is 2. The van der Waals surface area contributed by atoms with E-state index in [4.69, 9.17) is 5.73 Å². The second-order valence-electron chi connectivity index (χ2n) is 4.25. The van der Waals surface area contributed by atoms with Gasteiger partial charge in [0.2, 0.25) is 0 Å². The van der Waals surface area contributed by atoms with Crippen LogP contribution in [0.3, 0.4) is 0 Å². The van der Waals surface area contributed by atoms with E-state index in [1.54, 1.807) is 35.9 Å². The van der Waals surface area contributed by atoms with Crippen LogP contribution in [0.1, 0.15) is 16.1 Å². The van der Waals surface area contributed by atoms with Crippen molar-refractivity contribution in [3.05, 3.63) is 47.8 Å². The van der Waals surface area contributed by atoms with Gasteiger partial charge in [0.1, 0.15) is 5.69 Å². The quantitative estimate of drug-likeness (QED) is 0.827. The van der Waals surface area contributed by atoms with Crippen LogP contribution in [0.4, 0.5) is 5.69 Å². The Kier molecular flexibility index (Phi) is 3.32. The molecule has 0 radical (unpaired) electrons. The molecule has 94 valence electrons. The van der Waals surface area contributed by atoms with Crippen molar-refractivity contribution < 1.29 is 4.79 Å². The Balaban J connectivity index is 2.11. The van der Waals surface area contributed by atoms with E-state index in [9.17, 15) is 4.79 Å². The summed E-state index contributed by atoms with van der Waals surface area (Å²) in [6, 6.07) is 9.23. The number of rotatable bonds is 3. The van der Waals surface area contributed by atoms with E-state index in [1.807, 2.05) is 24.3 Å². The third-order valence-corrected chi connectivity index (χ3v) is 2.76. The number of hydrogen-bond donors (Lipinski definition) is 1. The Morgan fingerprint density at radius 2 is 2.22 bits per heavy atom. The first kappa shape index (κ1) is 12.2. The summed E-state index contributed by atoms with van der Waals surface area (Å²) in [7, 11) is 3.51. The van der Waals surface area contributed by atoms with Crippen molar-refractivity contribution in [3.63, 3.8) is 0 Å². The number of aryl methyl sites for hydroxylation is 1. The summed E-state index contributed by atoms with van der Waals surface area (Å²) in [5.41, 5.74) is 7.99. The van der Waals surface area contributed by atoms with Crippen molar-refractivity contribution in [1.82, 2.24) is 14.7 Å². The lowest BCUT2D eigenvalue weighted by molar-refractivity contribution is 0.0774. The maximum Gasteiger partial charge on any atom is 0.272 e. The van der Waals surface area contributed by atoms with Crippen LogP contribution in [0.5, 0.6) is 0 Å². The Hall–Kier alpha value is -2.30. The van der Waals surface area contributed by atoms with Gasteiger partial charge in [0, 0.05) is 32.5 Å². The zero-order valence-electron chi connectivity index (χ0n) is 10.5. The highest BCUT2D eigenvalue weighted by molar-refractivity contribution is 5.92. The van der Waals surface area contributed by atoms with Gasteiger partial charge in [0.15, 0.2) is 0 Å². The van der Waals surface area contributed by atoms with Crippen molar-refractivity contribution in [2.24, 2.45) is 7.05 Å². The van der Waals surface area contributed by atoms with E-state index in [0.29, 0.717) is 17.9 Å². The maximum atomic E-state index is 12.1. The number of carbonyl (C=O) groups excluding carboxylic acids is 1. The molecule has 1 aromatic heterocycles. The molecule has 5 nitrogen and oxygen atoms in total. The lowest BCUT2D eigenvalue weighted by Gasteiger charge is -2.17. The highest BCUT2D eigenvalue weighted by Gasteiger charge is 2.15. The molecule has 0 aliphatic carbocycles. The highest BCUT2D eigenvalue weighted by Crippen LogP contribution is 2.10. The molecule has 0 aliphatic rings. The van der Waals surface area contributed by atoms with Gasteiger partial charge < -0.3 is 10.6 Å². The van der Waals surface area contributed by atoms with Gasteiger partial charge in [-0.25, -0.2) is 0 Å². The Labute approximate surface area is 106 Å². The first-order valence-electron chi connectivity index (χ1n) is 5.66. The van der Waals surface area contributed by atoms with Crippen molar-refractivity contribution in [1.29, 1.82) is 0 Å². The molecule has 0 saturated heterocycles. The summed E-state index contributed by atoms with van der Waals surface area (Å²) in [6.45, 7) is 0.523. The molecular weight excluding hydrogens is 228 g/mol. The number of hydrogen-bond acceptors (Lipinski definition) is 3. The van der Waals surface area contributed by atoms with Gasteiger partial charge in [-0.1, -0.05) is 12.1 Å². The molecule has 0 aliphatic heterocycles. The first-order chi connectivity index (χ1) is 8.58. The molecule has 0 saturated carbocycles. The lowest BCUT2D eigenvalue weighted by Crippen LogP contribution is -2.28. The van der Waals surface area contributed by atoms with E-state index in [-0.39, 0.29) is 5.91 Å². The molecule has 0 bridgehead atoms. The molecule has 1 aromatic carbocycles. The van der Waals surface area contributed by atoms with Crippen LogP contribution in [0.2, 0.25) is 0 Å². The SMILES string of the molecule is CN(Cc1cccc(N)c1)C(=O)c1ccnn1C. The van der Waals surface area contributed by atoms with E-state index in [0.717, 1.165) is 5.56 Å². The summed E-state index contributed by atoms with van der Waals surface area (Å²) in [6.07, 6.45) is 1.61. The highest BCUT2D eigenvalue weighted by atomic mass is 16.2. The number of amides is 1. The molecule has 1 amide bonds. The fourth-order valence-electron chi connectivity index (χ4n) is 1.82. The van der Waals surface area contributed by atoms with Crippen LogP contribution < -0.4 is 5.73 Å². The van der Waals surface area contributed by atoms with Gasteiger partial charge in [-0.2, -0.15) is 5.10 Å². The van der Waals surface area contributed by atoms with Gasteiger partial charge in [0.25, 0.3) is 5.91 Å². The molecule has 2 aromatic rings. The zero-order valence-corrected chi connectivity index (χ0v) is 10.5. The molecule has 0 spiro atoms. The minimum absolute atomic E-state index is 0.0579. The standard InChI is InChI=1S/C13H16N4O/c1-16(9-10-4-3-5-11(14)8-10)13(18)12-6-7-15-17(12)2/h3-8H,9,14H2,1-2H3. The number of nitrogens with zero attached hydrogens (tertiary/aromatic N) is 3. The lowest BCUT2D eigenvalue weighted by atomic mass is 10.2. The first-order valence-corrected chi connectivity index (χ1v) is 5.66. The molecule has 5 heteroatoms. The fourth-order valence-corrected chi connectivity index (χ4v) is 1.82. The molecular formula is C13H16N4O. The van der Waals surface area contributed by atoms with Crippen LogP contribution in [-0.2, 0) is 13.6 Å². The summed E-state index contributed by atoms with van der Waals surface area (Å²) in [5, 5.41) is 3.99. The maximum absolute atomic E-state index is 12.1. The predicted octanol–water partition coefficient (Wildman–Crippen LogP) is 1.27. The van der Waals surface area contributed by atoms with E-state index >= 15 is 0 Å². The van der Waals surface area contributed by atoms with Crippen LogP contribution in [-0.4, -0.2) is 27.6 Å². The smallest absolute Gasteiger partial charge is 0.272 e. The number of anilines is 1. The van der Waals surface area contributed by atoms with Gasteiger partial charge in [0.05, 0.1) is 0 Å². The van der Waals surface area contributed by atoms with Crippen LogP contribution in [0.25, 0.3) is 0 Å². The Bertz CT molecular complexity index is 562. The molecule has 0 atom stereocenters. The van der Waals surface area contributed by atoms with Gasteiger partial charge in [-0.05, 0) is 23.8 Å². The van der Waals surface area contributed by atoms with Gasteiger partial charge in [-0.3, -0.25) is 9.48 Å². The Morgan fingerprint density at radius 1 is 1.44 bits per heavy atom. The summed E-state index contributed by atoms with van der Waals surface area (Å²) < 4.78 is 1.57. The molecule has 1 heterocycles. The molecule has 18 heavy (non-hydrogen) atoms. The van der Waals surface area contributed by atoms with Crippen LogP contribution >= 0.6 is 0 Å². The fraction of sp³-hybridized carbons (Fsp3) is 0.231. The zero-order chi connectivity index (χ0) is 13.1. The third kappa shape index (κ3) is 2.51. The minimum atomic E-state index is -0.0579. The predicted molar refractivity (Wildman–Crippen MR) is 69.9 cm³/mol. The molecule has 2 N–H and O–H groups in total. The topological polar surface area (TPSA) is 64.2 Å². The van der Waals surface area contributed by atoms with Crippen LogP contribution in [0, 0.1) is 0 Å². The monoisotopic (exact) mass is 244 g/mol. The minimum Gasteiger partial charge on any atom is -0.399 e. The van der Waals surface area contributed by atoms with Crippen LogP contribution in [0.15, 0.2) is 36.5 Å². The summed E-state index contributed by atoms with van der Waals surface area (Å²) >= 11 is 0. The number of nitrogens with two attached hydrogens (primary N) is 1. The van der Waals surface area contributed by atoms with E-state index < -0.39 is 0 Å². The normalized spacial score (nSPS) is 10.3. The molecule has 0 unspecified atom stereocenters. The summed E-state index contributed by atoms with van der Waals surface area (Å²) in [5.74, 6) is -0.0579. The van der Waals surface area contributed by atoms with Gasteiger partial charge >= 0.3 is 0 Å². The second kappa shape index (κ2) is 4.91. The second-order valence-corrected chi connectivity index (χ2v) is 4.25. The number of nitrogen functional groups attached to an aromatic ring is 1. The van der Waals surface area contributed by atoms with E-state index in [1.165, 1.54) is 0 Å². The Morgan fingerprint density at radius 3 is 2.83 bits per heavy atom. The third-order valence-electron chi connectivity index (χ3n) is 2.76. The molecule has 2 rings (SSSR count). The molecule has 0 fully saturated rings. The number of benzene rings is 1. The average Bonchev–Trinajstić information content (AvgIpc) is 2.74. The average molecular weight is 244 g/mol. The largest absolute Gasteiger partial charge is 0.399 e. The number of carbonyl (C=O) groups is 1. The van der Waals surface area contributed by atoms with Crippen molar-refractivity contribution in [3.8, 4) is 0 Å². The van der Waals surface area contributed by atoms with Crippen molar-refractivity contribution in [2.75, 3.05) is 12.8 Å². The summed E-state index contributed by atoms with van der Waals surface area (Å²) in [4.78, 5) is 13.8.